The number of amides is 3. The number of hydrogen-bond donors (Lipinski definition) is 5. The van der Waals surface area contributed by atoms with Gasteiger partial charge in [-0.05, 0) is 38.5 Å². The van der Waals surface area contributed by atoms with Crippen LogP contribution in [0, 0.1) is 11.8 Å². The van der Waals surface area contributed by atoms with Gasteiger partial charge in [-0.2, -0.15) is 0 Å². The quantitative estimate of drug-likeness (QED) is 0.0445. The number of unbranched alkanes of at least 4 members (excludes halogenated alkanes) is 13. The molecule has 374 valence electrons. The maximum Gasteiger partial charge on any atom is 0.306 e. The first-order chi connectivity index (χ1) is 31.5. The minimum absolute atomic E-state index is 0. The van der Waals surface area contributed by atoms with E-state index in [1.807, 2.05) is 0 Å². The normalized spacial score (nSPS) is 12.1. The Hall–Kier alpha value is -4.06. The molecule has 0 spiro atoms. The van der Waals surface area contributed by atoms with Crippen molar-refractivity contribution < 1.29 is 59.0 Å². The number of aliphatic carboxylic acids is 1. The molecule has 65 heavy (non-hydrogen) atoms. The summed E-state index contributed by atoms with van der Waals surface area (Å²) < 4.78 is 21.6. The van der Waals surface area contributed by atoms with Crippen LogP contribution in [0.4, 0.5) is 0 Å². The number of carboxylic acids is 1. The molecule has 2 atom stereocenters. The molecular weight excluding hydrogens is 839 g/mol. The molecule has 1 rings (SSSR count). The monoisotopic (exact) mass is 924 g/mol. The van der Waals surface area contributed by atoms with Crippen LogP contribution < -0.4 is 16.4 Å². The molecule has 1 unspecified atom stereocenters. The van der Waals surface area contributed by atoms with Gasteiger partial charge in [-0.1, -0.05) is 90.4 Å². The minimum Gasteiger partial charge on any atom is -0.481 e. The molecule has 0 fully saturated rings. The fraction of sp³-hybridized carbons (Fsp3) is 0.792. The molecule has 1 aromatic heterocycles. The largest absolute Gasteiger partial charge is 0.481 e. The van der Waals surface area contributed by atoms with Crippen molar-refractivity contribution >= 4 is 41.0 Å². The number of nitrogens with one attached hydrogen (secondary N) is 3. The Morgan fingerprint density at radius 3 is 1.80 bits per heavy atom. The van der Waals surface area contributed by atoms with Gasteiger partial charge in [-0.3, -0.25) is 33.6 Å². The Bertz CT molecular complexity index is 1430. The first kappa shape index (κ1) is 59.0. The lowest BCUT2D eigenvalue weighted by Gasteiger charge is -2.12. The van der Waals surface area contributed by atoms with Gasteiger partial charge in [0.15, 0.2) is 5.78 Å². The molecule has 0 bridgehead atoms. The summed E-state index contributed by atoms with van der Waals surface area (Å²) in [4.78, 5) is 91.4. The van der Waals surface area contributed by atoms with Gasteiger partial charge in [-0.25, -0.2) is 4.98 Å². The van der Waals surface area contributed by atoms with Gasteiger partial charge in [-0.15, -0.1) is 0 Å². The molecule has 17 heteroatoms. The second kappa shape index (κ2) is 41.4. The second-order valence-corrected chi connectivity index (χ2v) is 16.9. The fourth-order valence-corrected chi connectivity index (χ4v) is 7.13. The van der Waals surface area contributed by atoms with Gasteiger partial charge in [0.05, 0.1) is 45.3 Å². The highest BCUT2D eigenvalue weighted by Crippen LogP contribution is 2.18. The van der Waals surface area contributed by atoms with E-state index in [1.165, 1.54) is 64.2 Å². The highest BCUT2D eigenvalue weighted by molar-refractivity contribution is 5.86. The number of hydrogen-bond acceptors (Lipinski definition) is 12. The summed E-state index contributed by atoms with van der Waals surface area (Å²) in [6.07, 6.45) is 23.0. The van der Waals surface area contributed by atoms with E-state index >= 15 is 0 Å². The molecule has 0 saturated heterocycles. The van der Waals surface area contributed by atoms with Crippen LogP contribution in [0.15, 0.2) is 12.5 Å². The van der Waals surface area contributed by atoms with E-state index in [4.69, 9.17) is 24.7 Å². The van der Waals surface area contributed by atoms with E-state index in [0.717, 1.165) is 25.0 Å². The topological polar surface area (TPSA) is 255 Å². The molecular formula is C48H85N5O12. The number of H-pyrrole nitrogens is 1. The molecule has 0 saturated carbocycles. The number of ether oxygens (including phenoxy) is 4. The molecule has 0 aliphatic heterocycles. The van der Waals surface area contributed by atoms with Crippen molar-refractivity contribution in [2.24, 2.45) is 17.6 Å². The first-order valence-corrected chi connectivity index (χ1v) is 24.4. The number of aromatic nitrogens is 2. The number of primary amides is 1. The number of aromatic amines is 1. The van der Waals surface area contributed by atoms with Crippen LogP contribution >= 0.6 is 0 Å². The third-order valence-corrected chi connectivity index (χ3v) is 11.1. The molecule has 1 heterocycles. The molecule has 3 amide bonds. The molecule has 17 nitrogen and oxygen atoms in total. The summed E-state index contributed by atoms with van der Waals surface area (Å²) in [5.41, 5.74) is 6.36. The van der Waals surface area contributed by atoms with Crippen molar-refractivity contribution in [3.8, 4) is 0 Å². The van der Waals surface area contributed by atoms with E-state index in [2.05, 4.69) is 27.5 Å². The van der Waals surface area contributed by atoms with Crippen LogP contribution in [-0.4, -0.2) is 122 Å². The van der Waals surface area contributed by atoms with Gasteiger partial charge in [0, 0.05) is 77.5 Å². The molecule has 0 radical (unpaired) electrons. The first-order valence-electron chi connectivity index (χ1n) is 24.4. The van der Waals surface area contributed by atoms with Crippen molar-refractivity contribution in [3.05, 3.63) is 18.2 Å². The SMILES string of the molecule is CCCCCCCCCCCCCCCC(=O)CC(CCC(=O)NCCOCCOCC(=O)CCCOCCOCC(=O)NCCCC[C@H](CC(=O)CCc1cnc[nH]1)C(N)=O)C(=O)O.[HH]. The maximum atomic E-state index is 12.4. The predicted molar refractivity (Wildman–Crippen MR) is 249 cm³/mol. The molecule has 6 N–H and O–H groups in total. The van der Waals surface area contributed by atoms with Crippen molar-refractivity contribution in [3.63, 3.8) is 0 Å². The standard InChI is InChI=1S/C48H83N5O12.H2/c1-2-3-4-5-6-7-8-9-10-11-12-13-14-19-42(54)34-40(48(60)61)21-24-45(57)52-26-28-63-30-31-64-36-44(56)20-17-27-62-29-32-65-37-46(58)51-25-16-15-18-39(47(49)59)33-43(55)23-22-41-35-50-38-53-41;/h35,38-40H,2-34,36-37H2,1H3,(H2,49,59)(H,50,53)(H,51,58)(H,52,57)(H,60,61);1H/t39-,40?;/m1./s1. The summed E-state index contributed by atoms with van der Waals surface area (Å²) in [5.74, 6) is -3.69. The molecule has 0 aliphatic rings. The van der Waals surface area contributed by atoms with Crippen molar-refractivity contribution in [2.75, 3.05) is 65.9 Å². The van der Waals surface area contributed by atoms with Crippen LogP contribution in [0.5, 0.6) is 0 Å². The molecule has 1 aromatic rings. The zero-order valence-electron chi connectivity index (χ0n) is 39.5. The summed E-state index contributed by atoms with van der Waals surface area (Å²) >= 11 is 0. The van der Waals surface area contributed by atoms with Gasteiger partial charge in [0.2, 0.25) is 17.7 Å². The van der Waals surface area contributed by atoms with Crippen LogP contribution in [0.2, 0.25) is 0 Å². The summed E-state index contributed by atoms with van der Waals surface area (Å²) in [5, 5.41) is 15.0. The number of ketones is 3. The Labute approximate surface area is 389 Å². The van der Waals surface area contributed by atoms with Crippen LogP contribution in [0.1, 0.15) is 168 Å². The van der Waals surface area contributed by atoms with E-state index in [0.29, 0.717) is 58.1 Å². The lowest BCUT2D eigenvalue weighted by Crippen LogP contribution is -2.29. The van der Waals surface area contributed by atoms with E-state index in [9.17, 15) is 38.7 Å². The third-order valence-electron chi connectivity index (χ3n) is 11.1. The Balaban J connectivity index is 0.0000422. The summed E-state index contributed by atoms with van der Waals surface area (Å²) in [6.45, 7) is 4.24. The smallest absolute Gasteiger partial charge is 0.306 e. The van der Waals surface area contributed by atoms with Crippen LogP contribution in [0.3, 0.4) is 0 Å². The Kier molecular flexibility index (Phi) is 37.5. The van der Waals surface area contributed by atoms with Crippen molar-refractivity contribution in [2.45, 2.75) is 167 Å². The van der Waals surface area contributed by atoms with Gasteiger partial charge >= 0.3 is 5.97 Å². The van der Waals surface area contributed by atoms with E-state index in [-0.39, 0.29) is 115 Å². The van der Waals surface area contributed by atoms with Gasteiger partial charge < -0.3 is 45.4 Å². The number of carbonyl (C=O) groups is 7. The maximum absolute atomic E-state index is 12.4. The fourth-order valence-electron chi connectivity index (χ4n) is 7.13. The highest BCUT2D eigenvalue weighted by atomic mass is 16.5. The lowest BCUT2D eigenvalue weighted by molar-refractivity contribution is -0.144. The number of rotatable bonds is 48. The Morgan fingerprint density at radius 1 is 0.600 bits per heavy atom. The molecule has 0 aromatic carbocycles. The molecule has 0 aliphatic carbocycles. The van der Waals surface area contributed by atoms with Crippen molar-refractivity contribution in [1.82, 2.24) is 20.6 Å². The average Bonchev–Trinajstić information content (AvgIpc) is 3.81. The average molecular weight is 924 g/mol. The Morgan fingerprint density at radius 2 is 1.17 bits per heavy atom. The summed E-state index contributed by atoms with van der Waals surface area (Å²) in [6, 6.07) is 0. The number of carboxylic acid groups (broad SMARTS) is 1. The number of nitrogens with two attached hydrogens (primary N) is 1. The number of nitrogens with zero attached hydrogens (tertiary/aromatic N) is 1. The van der Waals surface area contributed by atoms with E-state index < -0.39 is 23.7 Å². The van der Waals surface area contributed by atoms with Crippen LogP contribution in [0.25, 0.3) is 0 Å². The van der Waals surface area contributed by atoms with E-state index in [1.54, 1.807) is 12.5 Å². The second-order valence-electron chi connectivity index (χ2n) is 16.9. The zero-order valence-corrected chi connectivity index (χ0v) is 39.5. The number of imidazole rings is 1. The van der Waals surface area contributed by atoms with Crippen LogP contribution in [-0.2, 0) is 58.9 Å². The van der Waals surface area contributed by atoms with Gasteiger partial charge in [0.1, 0.15) is 24.8 Å². The predicted octanol–water partition coefficient (Wildman–Crippen LogP) is 6.39. The zero-order chi connectivity index (χ0) is 47.6. The highest BCUT2D eigenvalue weighted by Gasteiger charge is 2.22. The summed E-state index contributed by atoms with van der Waals surface area (Å²) in [7, 11) is 0. The van der Waals surface area contributed by atoms with Crippen molar-refractivity contribution in [1.29, 1.82) is 0 Å². The third kappa shape index (κ3) is 36.8. The number of carbonyl (C=O) groups excluding carboxylic acids is 6. The van der Waals surface area contributed by atoms with Gasteiger partial charge in [0.25, 0.3) is 0 Å². The minimum atomic E-state index is -1.06. The lowest BCUT2D eigenvalue weighted by atomic mass is 9.94. The number of aryl methyl sites for hydroxylation is 1. The number of Topliss-reactive ketones (excluding diaryl/α,β-unsaturated/α-hetero) is 3.